The Morgan fingerprint density at radius 2 is 2.04 bits per heavy atom. The number of hydrogen-bond acceptors (Lipinski definition) is 4. The third-order valence-corrected chi connectivity index (χ3v) is 6.15. The predicted octanol–water partition coefficient (Wildman–Crippen LogP) is 2.04. The van der Waals surface area contributed by atoms with Crippen molar-refractivity contribution in [1.82, 2.24) is 9.21 Å². The highest BCUT2D eigenvalue weighted by atomic mass is 32.2. The van der Waals surface area contributed by atoms with Crippen molar-refractivity contribution in [2.75, 3.05) is 20.6 Å². The molecule has 0 atom stereocenters. The first-order valence-electron chi connectivity index (χ1n) is 7.68. The number of carbonyl (C=O) groups excluding carboxylic acids is 1. The summed E-state index contributed by atoms with van der Waals surface area (Å²) in [5, 5.41) is 0. The molecule has 0 fully saturated rings. The zero-order chi connectivity index (χ0) is 17.5. The molecule has 3 rings (SSSR count). The monoisotopic (exact) mass is 348 g/mol. The van der Waals surface area contributed by atoms with E-state index >= 15 is 0 Å². The van der Waals surface area contributed by atoms with Crippen molar-refractivity contribution in [2.45, 2.75) is 24.8 Å². The van der Waals surface area contributed by atoms with Crippen LogP contribution in [0.4, 0.5) is 0 Å². The average Bonchev–Trinajstić information content (AvgIpc) is 2.99. The highest BCUT2D eigenvalue weighted by Gasteiger charge is 2.28. The number of furan rings is 1. The number of rotatable bonds is 3. The molecule has 2 aromatic rings. The molecule has 0 radical (unpaired) electrons. The SMILES string of the molecule is Cc1cc(C(=O)N2CCc3c(cccc3S(=O)(=O)N(C)C)C2)co1. The standard InChI is InChI=1S/C17H20N2O4S/c1-12-9-14(11-23-12)17(20)19-8-7-15-13(10-19)5-4-6-16(15)24(21,22)18(2)3/h4-6,9,11H,7-8,10H2,1-3H3. The van der Waals surface area contributed by atoms with Crippen LogP contribution < -0.4 is 0 Å². The smallest absolute Gasteiger partial charge is 0.257 e. The lowest BCUT2D eigenvalue weighted by Crippen LogP contribution is -2.37. The van der Waals surface area contributed by atoms with Gasteiger partial charge in [-0.2, -0.15) is 0 Å². The van der Waals surface area contributed by atoms with Crippen LogP contribution in [0.2, 0.25) is 0 Å². The Kier molecular flexibility index (Phi) is 4.23. The molecule has 0 aliphatic carbocycles. The summed E-state index contributed by atoms with van der Waals surface area (Å²) in [6.45, 7) is 2.67. The normalized spacial score (nSPS) is 14.8. The van der Waals surface area contributed by atoms with Crippen molar-refractivity contribution in [1.29, 1.82) is 0 Å². The van der Waals surface area contributed by atoms with Gasteiger partial charge in [0.1, 0.15) is 12.0 Å². The van der Waals surface area contributed by atoms with Gasteiger partial charge in [-0.05, 0) is 36.6 Å². The van der Waals surface area contributed by atoms with Gasteiger partial charge >= 0.3 is 0 Å². The predicted molar refractivity (Wildman–Crippen MR) is 89.2 cm³/mol. The Balaban J connectivity index is 1.91. The molecule has 1 aliphatic heterocycles. The molecule has 0 saturated heterocycles. The summed E-state index contributed by atoms with van der Waals surface area (Å²) in [4.78, 5) is 14.6. The van der Waals surface area contributed by atoms with E-state index in [-0.39, 0.29) is 5.91 Å². The van der Waals surface area contributed by atoms with Crippen LogP contribution in [-0.2, 0) is 23.0 Å². The molecule has 2 heterocycles. The molecule has 1 aromatic heterocycles. The number of fused-ring (bicyclic) bond motifs is 1. The van der Waals surface area contributed by atoms with Crippen LogP contribution in [-0.4, -0.2) is 44.2 Å². The molecule has 0 saturated carbocycles. The number of amides is 1. The average molecular weight is 348 g/mol. The quantitative estimate of drug-likeness (QED) is 0.851. The zero-order valence-corrected chi connectivity index (χ0v) is 14.8. The van der Waals surface area contributed by atoms with Crippen LogP contribution in [0.5, 0.6) is 0 Å². The van der Waals surface area contributed by atoms with Crippen LogP contribution in [0.15, 0.2) is 39.8 Å². The minimum absolute atomic E-state index is 0.0987. The fourth-order valence-electron chi connectivity index (χ4n) is 2.92. The lowest BCUT2D eigenvalue weighted by Gasteiger charge is -2.30. The highest BCUT2D eigenvalue weighted by Crippen LogP contribution is 2.28. The maximum Gasteiger partial charge on any atom is 0.257 e. The lowest BCUT2D eigenvalue weighted by molar-refractivity contribution is 0.0733. The van der Waals surface area contributed by atoms with Crippen LogP contribution in [0.1, 0.15) is 27.2 Å². The van der Waals surface area contributed by atoms with Gasteiger partial charge in [0.05, 0.1) is 10.5 Å². The molecule has 0 bridgehead atoms. The summed E-state index contributed by atoms with van der Waals surface area (Å²) in [5.41, 5.74) is 2.20. The van der Waals surface area contributed by atoms with E-state index in [1.807, 2.05) is 6.07 Å². The molecule has 0 N–H and O–H groups in total. The number of sulfonamides is 1. The lowest BCUT2D eigenvalue weighted by atomic mass is 9.99. The molecular weight excluding hydrogens is 328 g/mol. The Morgan fingerprint density at radius 3 is 2.67 bits per heavy atom. The number of aryl methyl sites for hydroxylation is 1. The molecule has 24 heavy (non-hydrogen) atoms. The molecule has 6 nitrogen and oxygen atoms in total. The minimum atomic E-state index is -3.49. The Morgan fingerprint density at radius 1 is 1.29 bits per heavy atom. The van der Waals surface area contributed by atoms with Gasteiger partial charge in [0.25, 0.3) is 5.91 Å². The summed E-state index contributed by atoms with van der Waals surface area (Å²) in [7, 11) is -0.445. The molecule has 128 valence electrons. The number of nitrogens with zero attached hydrogens (tertiary/aromatic N) is 2. The summed E-state index contributed by atoms with van der Waals surface area (Å²) in [5.74, 6) is 0.591. The number of carbonyl (C=O) groups is 1. The van der Waals surface area contributed by atoms with E-state index in [0.717, 1.165) is 11.1 Å². The molecule has 0 spiro atoms. The first-order valence-corrected chi connectivity index (χ1v) is 9.12. The second-order valence-electron chi connectivity index (χ2n) is 6.10. The van der Waals surface area contributed by atoms with Gasteiger partial charge in [0, 0.05) is 27.2 Å². The van der Waals surface area contributed by atoms with Gasteiger partial charge in [-0.1, -0.05) is 12.1 Å². The van der Waals surface area contributed by atoms with Crippen molar-refractivity contribution >= 4 is 15.9 Å². The van der Waals surface area contributed by atoms with Crippen molar-refractivity contribution < 1.29 is 17.6 Å². The highest BCUT2D eigenvalue weighted by molar-refractivity contribution is 7.89. The van der Waals surface area contributed by atoms with Gasteiger partial charge in [0.2, 0.25) is 10.0 Å². The Labute approximate surface area is 141 Å². The number of hydrogen-bond donors (Lipinski definition) is 0. The van der Waals surface area contributed by atoms with Crippen LogP contribution in [0, 0.1) is 6.92 Å². The van der Waals surface area contributed by atoms with E-state index in [1.165, 1.54) is 24.7 Å². The van der Waals surface area contributed by atoms with Gasteiger partial charge < -0.3 is 9.32 Å². The van der Waals surface area contributed by atoms with Crippen molar-refractivity contribution in [3.63, 3.8) is 0 Å². The zero-order valence-electron chi connectivity index (χ0n) is 13.9. The van der Waals surface area contributed by atoms with Crippen LogP contribution in [0.25, 0.3) is 0 Å². The third kappa shape index (κ3) is 2.85. The largest absolute Gasteiger partial charge is 0.469 e. The molecule has 1 aliphatic rings. The maximum atomic E-state index is 12.6. The molecule has 1 aromatic carbocycles. The third-order valence-electron chi connectivity index (χ3n) is 4.25. The van der Waals surface area contributed by atoms with Gasteiger partial charge in [0.15, 0.2) is 0 Å². The first-order chi connectivity index (χ1) is 11.3. The van der Waals surface area contributed by atoms with Crippen molar-refractivity contribution in [2.24, 2.45) is 0 Å². The van der Waals surface area contributed by atoms with Gasteiger partial charge in [-0.3, -0.25) is 4.79 Å². The molecule has 0 unspecified atom stereocenters. The topological polar surface area (TPSA) is 70.8 Å². The van der Waals surface area contributed by atoms with E-state index in [9.17, 15) is 13.2 Å². The molecular formula is C17H20N2O4S. The number of benzene rings is 1. The van der Waals surface area contributed by atoms with E-state index in [1.54, 1.807) is 30.0 Å². The van der Waals surface area contributed by atoms with Gasteiger partial charge in [-0.25, -0.2) is 12.7 Å². The Bertz CT molecular complexity index is 884. The second-order valence-corrected chi connectivity index (χ2v) is 8.22. The summed E-state index contributed by atoms with van der Waals surface area (Å²) in [6.07, 6.45) is 1.97. The van der Waals surface area contributed by atoms with Crippen LogP contribution >= 0.6 is 0 Å². The van der Waals surface area contributed by atoms with E-state index in [0.29, 0.717) is 35.7 Å². The van der Waals surface area contributed by atoms with Gasteiger partial charge in [-0.15, -0.1) is 0 Å². The molecule has 1 amide bonds. The van der Waals surface area contributed by atoms with E-state index in [4.69, 9.17) is 4.42 Å². The van der Waals surface area contributed by atoms with Crippen molar-refractivity contribution in [3.05, 3.63) is 53.0 Å². The summed E-state index contributed by atoms with van der Waals surface area (Å²) < 4.78 is 31.4. The fourth-order valence-corrected chi connectivity index (χ4v) is 4.11. The second kappa shape index (κ2) is 6.07. The molecule has 7 heteroatoms. The van der Waals surface area contributed by atoms with E-state index in [2.05, 4.69) is 0 Å². The van der Waals surface area contributed by atoms with Crippen molar-refractivity contribution in [3.8, 4) is 0 Å². The van der Waals surface area contributed by atoms with Crippen LogP contribution in [0.3, 0.4) is 0 Å². The Hall–Kier alpha value is -2.12. The minimum Gasteiger partial charge on any atom is -0.469 e. The summed E-state index contributed by atoms with van der Waals surface area (Å²) in [6, 6.07) is 6.95. The fraction of sp³-hybridized carbons (Fsp3) is 0.353. The maximum absolute atomic E-state index is 12.6. The summed E-state index contributed by atoms with van der Waals surface area (Å²) >= 11 is 0. The van der Waals surface area contributed by atoms with E-state index < -0.39 is 10.0 Å². The first kappa shape index (κ1) is 16.7.